The molecule has 0 saturated heterocycles. The molecule has 0 saturated carbocycles. The molecule has 37 heavy (non-hydrogen) atoms. The van der Waals surface area contributed by atoms with Crippen LogP contribution in [0.2, 0.25) is 0 Å². The SMILES string of the molecule is CCCn1c(=O)c2c(nc(-c3cnn(Cc4cccc(C(F)(F)F)c4)c3)n2S(=O)CCC)n(CC)c1=O. The number of fused-ring (bicyclic) bond motifs is 1. The normalized spacial score (nSPS) is 12.9. The number of rotatable bonds is 9. The van der Waals surface area contributed by atoms with Crippen LogP contribution in [-0.2, 0) is 36.8 Å². The van der Waals surface area contributed by atoms with Crippen molar-refractivity contribution in [2.75, 3.05) is 5.75 Å². The van der Waals surface area contributed by atoms with Crippen LogP contribution in [0.25, 0.3) is 22.6 Å². The minimum Gasteiger partial charge on any atom is -0.276 e. The van der Waals surface area contributed by atoms with Gasteiger partial charge in [0.2, 0.25) is 0 Å². The van der Waals surface area contributed by atoms with Gasteiger partial charge < -0.3 is 0 Å². The first-order valence-electron chi connectivity index (χ1n) is 11.9. The highest BCUT2D eigenvalue weighted by atomic mass is 32.2. The van der Waals surface area contributed by atoms with Gasteiger partial charge in [-0.05, 0) is 37.5 Å². The van der Waals surface area contributed by atoms with Crippen molar-refractivity contribution in [3.05, 3.63) is 68.6 Å². The van der Waals surface area contributed by atoms with Crippen molar-refractivity contribution in [1.29, 1.82) is 0 Å². The molecule has 4 aromatic rings. The Morgan fingerprint density at radius 3 is 2.46 bits per heavy atom. The van der Waals surface area contributed by atoms with Gasteiger partial charge in [0.1, 0.15) is 11.0 Å². The zero-order valence-corrected chi connectivity index (χ0v) is 21.5. The number of aromatic nitrogens is 6. The van der Waals surface area contributed by atoms with Gasteiger partial charge in [-0.15, -0.1) is 0 Å². The molecule has 13 heteroatoms. The first-order chi connectivity index (χ1) is 17.6. The molecule has 0 aliphatic heterocycles. The van der Waals surface area contributed by atoms with Crippen LogP contribution in [0, 0.1) is 0 Å². The number of hydrogen-bond donors (Lipinski definition) is 0. The minimum absolute atomic E-state index is 0.0607. The Hall–Kier alpha value is -3.48. The lowest BCUT2D eigenvalue weighted by Gasteiger charge is -2.10. The maximum Gasteiger partial charge on any atom is 0.416 e. The van der Waals surface area contributed by atoms with Gasteiger partial charge in [0.05, 0.1) is 23.9 Å². The second-order valence-corrected chi connectivity index (χ2v) is 9.95. The van der Waals surface area contributed by atoms with Crippen molar-refractivity contribution in [3.63, 3.8) is 0 Å². The third kappa shape index (κ3) is 5.04. The molecule has 0 aliphatic carbocycles. The summed E-state index contributed by atoms with van der Waals surface area (Å²) >= 11 is 0. The summed E-state index contributed by atoms with van der Waals surface area (Å²) in [5, 5.41) is 4.26. The maximum absolute atomic E-state index is 13.4. The van der Waals surface area contributed by atoms with E-state index in [1.54, 1.807) is 19.2 Å². The van der Waals surface area contributed by atoms with Gasteiger partial charge in [0.25, 0.3) is 5.56 Å². The van der Waals surface area contributed by atoms with Crippen LogP contribution in [0.3, 0.4) is 0 Å². The topological polar surface area (TPSA) is 96.7 Å². The summed E-state index contributed by atoms with van der Waals surface area (Å²) in [4.78, 5) is 30.9. The number of imidazole rings is 1. The fourth-order valence-electron chi connectivity index (χ4n) is 4.17. The Bertz CT molecular complexity index is 1580. The summed E-state index contributed by atoms with van der Waals surface area (Å²) in [5.41, 5.74) is -0.781. The number of aryl methyl sites for hydroxylation is 1. The standard InChI is InChI=1S/C24H27F3N6O3S/c1-4-10-32-22(34)19-21(31(6-3)23(32)35)29-20(33(19)37(36)11-5-2)17-13-28-30(15-17)14-16-8-7-9-18(12-16)24(25,26)27/h7-9,12-13,15H,4-6,10-11,14H2,1-3H3. The molecule has 0 N–H and O–H groups in total. The van der Waals surface area contributed by atoms with E-state index in [1.165, 1.54) is 25.5 Å². The molecule has 0 fully saturated rings. The molecule has 198 valence electrons. The van der Waals surface area contributed by atoms with Crippen molar-refractivity contribution >= 4 is 22.1 Å². The van der Waals surface area contributed by atoms with E-state index >= 15 is 0 Å². The van der Waals surface area contributed by atoms with Gasteiger partial charge in [0, 0.05) is 25.0 Å². The number of nitrogens with zero attached hydrogens (tertiary/aromatic N) is 6. The number of halogens is 3. The van der Waals surface area contributed by atoms with E-state index in [-0.39, 0.29) is 42.4 Å². The molecule has 4 rings (SSSR count). The van der Waals surface area contributed by atoms with Crippen LogP contribution >= 0.6 is 0 Å². The number of hydrogen-bond acceptors (Lipinski definition) is 5. The van der Waals surface area contributed by atoms with E-state index in [2.05, 4.69) is 10.1 Å². The van der Waals surface area contributed by atoms with Crippen LogP contribution in [-0.4, -0.2) is 37.8 Å². The van der Waals surface area contributed by atoms with Crippen LogP contribution in [0.15, 0.2) is 46.2 Å². The van der Waals surface area contributed by atoms with Crippen molar-refractivity contribution in [3.8, 4) is 11.4 Å². The molecule has 1 aromatic carbocycles. The lowest BCUT2D eigenvalue weighted by Crippen LogP contribution is -2.40. The van der Waals surface area contributed by atoms with E-state index < -0.39 is 34.0 Å². The Labute approximate surface area is 212 Å². The van der Waals surface area contributed by atoms with E-state index in [1.807, 2.05) is 13.8 Å². The summed E-state index contributed by atoms with van der Waals surface area (Å²) in [5.74, 6) is 0.458. The monoisotopic (exact) mass is 536 g/mol. The summed E-state index contributed by atoms with van der Waals surface area (Å²) < 4.78 is 57.9. The highest BCUT2D eigenvalue weighted by molar-refractivity contribution is 7.83. The first-order valence-corrected chi connectivity index (χ1v) is 13.2. The van der Waals surface area contributed by atoms with Crippen LogP contribution < -0.4 is 11.2 Å². The average molecular weight is 537 g/mol. The minimum atomic E-state index is -4.46. The molecule has 0 bridgehead atoms. The Kier molecular flexibility index (Phi) is 7.53. The van der Waals surface area contributed by atoms with Gasteiger partial charge in [-0.1, -0.05) is 26.0 Å². The van der Waals surface area contributed by atoms with Gasteiger partial charge in [0.15, 0.2) is 17.0 Å². The fraction of sp³-hybridized carbons (Fsp3) is 0.417. The summed E-state index contributed by atoms with van der Waals surface area (Å²) in [6.07, 6.45) is -0.296. The molecule has 0 aliphatic rings. The molecular weight excluding hydrogens is 509 g/mol. The van der Waals surface area contributed by atoms with Crippen molar-refractivity contribution in [1.82, 2.24) is 27.9 Å². The lowest BCUT2D eigenvalue weighted by atomic mass is 10.1. The summed E-state index contributed by atoms with van der Waals surface area (Å²) in [6.45, 7) is 6.00. The fourth-order valence-corrected chi connectivity index (χ4v) is 5.40. The number of benzene rings is 1. The molecule has 0 amide bonds. The maximum atomic E-state index is 13.4. The van der Waals surface area contributed by atoms with E-state index in [9.17, 15) is 27.0 Å². The van der Waals surface area contributed by atoms with E-state index in [0.29, 0.717) is 24.0 Å². The third-order valence-electron chi connectivity index (χ3n) is 5.82. The number of alkyl halides is 3. The molecule has 3 heterocycles. The van der Waals surface area contributed by atoms with Crippen LogP contribution in [0.1, 0.15) is 44.7 Å². The zero-order chi connectivity index (χ0) is 26.9. The molecule has 0 radical (unpaired) electrons. The van der Waals surface area contributed by atoms with E-state index in [0.717, 1.165) is 16.7 Å². The zero-order valence-electron chi connectivity index (χ0n) is 20.7. The quantitative estimate of drug-likeness (QED) is 0.325. The Morgan fingerprint density at radius 1 is 1.05 bits per heavy atom. The highest BCUT2D eigenvalue weighted by Crippen LogP contribution is 2.30. The third-order valence-corrected chi connectivity index (χ3v) is 7.34. The molecule has 9 nitrogen and oxygen atoms in total. The Balaban J connectivity index is 1.87. The van der Waals surface area contributed by atoms with Crippen LogP contribution in [0.4, 0.5) is 13.2 Å². The highest BCUT2D eigenvalue weighted by Gasteiger charge is 2.30. The van der Waals surface area contributed by atoms with Crippen molar-refractivity contribution in [2.24, 2.45) is 0 Å². The van der Waals surface area contributed by atoms with Crippen LogP contribution in [0.5, 0.6) is 0 Å². The smallest absolute Gasteiger partial charge is 0.276 e. The van der Waals surface area contributed by atoms with Gasteiger partial charge >= 0.3 is 11.9 Å². The Morgan fingerprint density at radius 2 is 1.81 bits per heavy atom. The second kappa shape index (κ2) is 10.5. The van der Waals surface area contributed by atoms with Gasteiger partial charge in [-0.3, -0.25) is 18.6 Å². The van der Waals surface area contributed by atoms with Gasteiger partial charge in [-0.2, -0.15) is 18.3 Å². The lowest BCUT2D eigenvalue weighted by molar-refractivity contribution is -0.137. The second-order valence-electron chi connectivity index (χ2n) is 8.54. The van der Waals surface area contributed by atoms with E-state index in [4.69, 9.17) is 0 Å². The first kappa shape index (κ1) is 26.6. The summed E-state index contributed by atoms with van der Waals surface area (Å²) in [7, 11) is -1.66. The molecule has 3 aromatic heterocycles. The predicted octanol–water partition coefficient (Wildman–Crippen LogP) is 3.64. The average Bonchev–Trinajstić information content (AvgIpc) is 3.47. The molecule has 0 spiro atoms. The van der Waals surface area contributed by atoms with Crippen molar-refractivity contribution in [2.45, 2.75) is 59.4 Å². The van der Waals surface area contributed by atoms with Crippen molar-refractivity contribution < 1.29 is 17.4 Å². The predicted molar refractivity (Wildman–Crippen MR) is 135 cm³/mol. The molecule has 1 unspecified atom stereocenters. The summed E-state index contributed by atoms with van der Waals surface area (Å²) in [6, 6.07) is 4.96. The molecular formula is C24H27F3N6O3S. The largest absolute Gasteiger partial charge is 0.416 e. The molecule has 1 atom stereocenters. The van der Waals surface area contributed by atoms with Gasteiger partial charge in [-0.25, -0.2) is 18.0 Å².